The maximum atomic E-state index is 11.8. The number of Topliss-reactive ketones (excluding diaryl/α,β-unsaturated/α-hetero) is 1. The summed E-state index contributed by atoms with van der Waals surface area (Å²) < 4.78 is 0. The van der Waals surface area contributed by atoms with Crippen molar-refractivity contribution < 1.29 is 4.79 Å². The lowest BCUT2D eigenvalue weighted by Gasteiger charge is -2.36. The third-order valence-corrected chi connectivity index (χ3v) is 4.61. The summed E-state index contributed by atoms with van der Waals surface area (Å²) in [4.78, 5) is 14.2. The molecule has 1 aromatic rings. The van der Waals surface area contributed by atoms with Gasteiger partial charge in [-0.2, -0.15) is 0 Å². The summed E-state index contributed by atoms with van der Waals surface area (Å²) in [6.45, 7) is 6.79. The van der Waals surface area contributed by atoms with Crippen molar-refractivity contribution in [1.82, 2.24) is 0 Å². The molecule has 2 rings (SSSR count). The minimum Gasteiger partial charge on any atom is -0.369 e. The number of hydrogen-bond donors (Lipinski definition) is 0. The normalized spacial score (nSPS) is 16.2. The van der Waals surface area contributed by atoms with E-state index < -0.39 is 0 Å². The van der Waals surface area contributed by atoms with Crippen molar-refractivity contribution >= 4 is 23.1 Å². The second kappa shape index (κ2) is 6.62. The number of nitrogens with zero attached hydrogens (tertiary/aromatic N) is 1. The van der Waals surface area contributed by atoms with Gasteiger partial charge in [0.05, 0.1) is 0 Å². The molecule has 0 bridgehead atoms. The van der Waals surface area contributed by atoms with Crippen LogP contribution in [0.3, 0.4) is 0 Å². The minimum absolute atomic E-state index is 0.0888. The fraction of sp³-hybridized carbons (Fsp3) is 0.588. The first-order valence-corrected chi connectivity index (χ1v) is 8.00. The summed E-state index contributed by atoms with van der Waals surface area (Å²) >= 11 is 6.23. The topological polar surface area (TPSA) is 20.3 Å². The van der Waals surface area contributed by atoms with Crippen molar-refractivity contribution in [3.05, 3.63) is 28.3 Å². The van der Waals surface area contributed by atoms with Crippen LogP contribution in [0.2, 0.25) is 5.02 Å². The number of hydrogen-bond acceptors (Lipinski definition) is 2. The third-order valence-electron chi connectivity index (χ3n) is 4.39. The van der Waals surface area contributed by atoms with E-state index in [-0.39, 0.29) is 5.78 Å². The zero-order valence-electron chi connectivity index (χ0n) is 12.7. The molecule has 1 aliphatic rings. The van der Waals surface area contributed by atoms with E-state index in [1.165, 1.54) is 32.1 Å². The van der Waals surface area contributed by atoms with Crippen LogP contribution in [0.25, 0.3) is 0 Å². The molecule has 0 radical (unpaired) electrons. The summed E-state index contributed by atoms with van der Waals surface area (Å²) in [5.74, 6) is 0.0888. The van der Waals surface area contributed by atoms with E-state index in [0.29, 0.717) is 11.1 Å². The van der Waals surface area contributed by atoms with E-state index in [0.717, 1.165) is 23.4 Å². The van der Waals surface area contributed by atoms with Gasteiger partial charge in [0.25, 0.3) is 0 Å². The van der Waals surface area contributed by atoms with Gasteiger partial charge >= 0.3 is 0 Å². The van der Waals surface area contributed by atoms with Crippen molar-refractivity contribution in [2.24, 2.45) is 0 Å². The van der Waals surface area contributed by atoms with Crippen molar-refractivity contribution in [3.8, 4) is 0 Å². The second-order valence-corrected chi connectivity index (χ2v) is 6.17. The maximum absolute atomic E-state index is 11.8. The standard InChI is InChI=1S/C17H24ClNO/c1-4-19(15-8-6-5-7-9-15)17-11-14(18)10-16(12(17)2)13(3)20/h10-11,15H,4-9H2,1-3H3. The van der Waals surface area contributed by atoms with Gasteiger partial charge in [-0.1, -0.05) is 30.9 Å². The number of benzene rings is 1. The van der Waals surface area contributed by atoms with Crippen molar-refractivity contribution in [2.75, 3.05) is 11.4 Å². The third kappa shape index (κ3) is 3.17. The van der Waals surface area contributed by atoms with Gasteiger partial charge in [0, 0.05) is 28.9 Å². The number of carbonyl (C=O) groups excluding carboxylic acids is 1. The van der Waals surface area contributed by atoms with Crippen LogP contribution in [-0.4, -0.2) is 18.4 Å². The molecule has 0 saturated heterocycles. The fourth-order valence-corrected chi connectivity index (χ4v) is 3.56. The van der Waals surface area contributed by atoms with Crippen LogP contribution < -0.4 is 4.90 Å². The van der Waals surface area contributed by atoms with E-state index in [4.69, 9.17) is 11.6 Å². The highest BCUT2D eigenvalue weighted by molar-refractivity contribution is 6.31. The highest BCUT2D eigenvalue weighted by Gasteiger charge is 2.23. The highest BCUT2D eigenvalue weighted by atomic mass is 35.5. The van der Waals surface area contributed by atoms with Crippen LogP contribution in [0.1, 0.15) is 61.9 Å². The van der Waals surface area contributed by atoms with Crippen LogP contribution in [0, 0.1) is 6.92 Å². The molecule has 0 aliphatic heterocycles. The maximum Gasteiger partial charge on any atom is 0.160 e. The van der Waals surface area contributed by atoms with E-state index in [1.54, 1.807) is 13.0 Å². The zero-order valence-corrected chi connectivity index (χ0v) is 13.5. The summed E-state index contributed by atoms with van der Waals surface area (Å²) in [7, 11) is 0. The van der Waals surface area contributed by atoms with Crippen LogP contribution >= 0.6 is 11.6 Å². The Kier molecular flexibility index (Phi) is 5.09. The molecule has 1 saturated carbocycles. The molecule has 1 fully saturated rings. The quantitative estimate of drug-likeness (QED) is 0.727. The molecule has 0 amide bonds. The molecule has 0 aromatic heterocycles. The predicted molar refractivity (Wildman–Crippen MR) is 86.1 cm³/mol. The van der Waals surface area contributed by atoms with E-state index in [1.807, 2.05) is 13.0 Å². The summed E-state index contributed by atoms with van der Waals surface area (Å²) in [6, 6.07) is 4.39. The molecular formula is C17H24ClNO. The molecule has 0 atom stereocenters. The Balaban J connectivity index is 2.40. The molecule has 2 nitrogen and oxygen atoms in total. The molecule has 0 spiro atoms. The van der Waals surface area contributed by atoms with Gasteiger partial charge < -0.3 is 4.90 Å². The van der Waals surface area contributed by atoms with Crippen LogP contribution in [-0.2, 0) is 0 Å². The number of rotatable bonds is 4. The Morgan fingerprint density at radius 3 is 2.50 bits per heavy atom. The summed E-state index contributed by atoms with van der Waals surface area (Å²) in [6.07, 6.45) is 6.45. The van der Waals surface area contributed by atoms with E-state index in [2.05, 4.69) is 11.8 Å². The van der Waals surface area contributed by atoms with Crippen molar-refractivity contribution in [2.45, 2.75) is 58.9 Å². The highest BCUT2D eigenvalue weighted by Crippen LogP contribution is 2.33. The van der Waals surface area contributed by atoms with E-state index in [9.17, 15) is 4.79 Å². The lowest BCUT2D eigenvalue weighted by atomic mass is 9.92. The SMILES string of the molecule is CCN(c1cc(Cl)cc(C(C)=O)c1C)C1CCCCC1. The molecule has 0 N–H and O–H groups in total. The Labute approximate surface area is 127 Å². The van der Waals surface area contributed by atoms with Crippen LogP contribution in [0.15, 0.2) is 12.1 Å². The number of halogens is 1. The Morgan fingerprint density at radius 2 is 1.95 bits per heavy atom. The summed E-state index contributed by atoms with van der Waals surface area (Å²) in [5.41, 5.74) is 2.95. The summed E-state index contributed by atoms with van der Waals surface area (Å²) in [5, 5.41) is 0.657. The fourth-order valence-electron chi connectivity index (χ4n) is 3.35. The predicted octanol–water partition coefficient (Wildman–Crippen LogP) is 5.01. The molecule has 1 aliphatic carbocycles. The zero-order chi connectivity index (χ0) is 14.7. The molecule has 110 valence electrons. The average molecular weight is 294 g/mol. The number of carbonyl (C=O) groups is 1. The smallest absolute Gasteiger partial charge is 0.160 e. The Morgan fingerprint density at radius 1 is 1.30 bits per heavy atom. The first-order valence-electron chi connectivity index (χ1n) is 7.62. The number of ketones is 1. The molecule has 1 aromatic carbocycles. The first kappa shape index (κ1) is 15.4. The molecule has 3 heteroatoms. The van der Waals surface area contributed by atoms with Gasteiger partial charge in [-0.25, -0.2) is 0 Å². The lowest BCUT2D eigenvalue weighted by Crippen LogP contribution is -2.37. The Hall–Kier alpha value is -1.02. The van der Waals surface area contributed by atoms with Crippen molar-refractivity contribution in [3.63, 3.8) is 0 Å². The molecular weight excluding hydrogens is 270 g/mol. The van der Waals surface area contributed by atoms with Crippen molar-refractivity contribution in [1.29, 1.82) is 0 Å². The van der Waals surface area contributed by atoms with E-state index >= 15 is 0 Å². The molecule has 0 heterocycles. The molecule has 20 heavy (non-hydrogen) atoms. The van der Waals surface area contributed by atoms with Gasteiger partial charge in [0.2, 0.25) is 0 Å². The first-order chi connectivity index (χ1) is 9.54. The lowest BCUT2D eigenvalue weighted by molar-refractivity contribution is 0.101. The number of anilines is 1. The van der Waals surface area contributed by atoms with Crippen LogP contribution in [0.5, 0.6) is 0 Å². The average Bonchev–Trinajstić information content (AvgIpc) is 2.44. The van der Waals surface area contributed by atoms with Gasteiger partial charge in [-0.05, 0) is 51.3 Å². The second-order valence-electron chi connectivity index (χ2n) is 5.73. The Bertz CT molecular complexity index is 492. The minimum atomic E-state index is 0.0888. The monoisotopic (exact) mass is 293 g/mol. The molecule has 0 unspecified atom stereocenters. The van der Waals surface area contributed by atoms with Gasteiger partial charge in [-0.3, -0.25) is 4.79 Å². The van der Waals surface area contributed by atoms with Gasteiger partial charge in [0.15, 0.2) is 5.78 Å². The largest absolute Gasteiger partial charge is 0.369 e. The van der Waals surface area contributed by atoms with Gasteiger partial charge in [-0.15, -0.1) is 0 Å². The van der Waals surface area contributed by atoms with Gasteiger partial charge in [0.1, 0.15) is 0 Å². The van der Waals surface area contributed by atoms with Crippen LogP contribution in [0.4, 0.5) is 5.69 Å².